The summed E-state index contributed by atoms with van der Waals surface area (Å²) in [5.74, 6) is 0.163. The lowest BCUT2D eigenvalue weighted by molar-refractivity contribution is -0.138. The summed E-state index contributed by atoms with van der Waals surface area (Å²) in [6.07, 6.45) is 0.777. The Labute approximate surface area is 198 Å². The van der Waals surface area contributed by atoms with Gasteiger partial charge in [-0.15, -0.1) is 0 Å². The molecule has 0 saturated carbocycles. The van der Waals surface area contributed by atoms with Crippen molar-refractivity contribution in [3.8, 4) is 0 Å². The molecule has 1 aliphatic heterocycles. The first-order valence-corrected chi connectivity index (χ1v) is 11.2. The van der Waals surface area contributed by atoms with E-state index < -0.39 is 11.7 Å². The number of halogens is 3. The monoisotopic (exact) mass is 493 g/mol. The van der Waals surface area contributed by atoms with Gasteiger partial charge in [0.25, 0.3) is 5.56 Å². The number of fused-ring (bicyclic) bond motifs is 1. The van der Waals surface area contributed by atoms with E-state index in [-0.39, 0.29) is 36.5 Å². The fraction of sp³-hybridized carbons (Fsp3) is 0.500. The predicted octanol–water partition coefficient (Wildman–Crippen LogP) is 2.16. The smallest absolute Gasteiger partial charge is 0.379 e. The number of anilines is 1. The number of rotatable bonds is 7. The number of aromatic amines is 1. The molecular weight excluding hydrogens is 467 g/mol. The maximum atomic E-state index is 12.7. The molecule has 1 saturated heterocycles. The van der Waals surface area contributed by atoms with Crippen LogP contribution in [0.4, 0.5) is 19.1 Å². The number of hydrogen-bond acceptors (Lipinski definition) is 7. The molecule has 1 unspecified atom stereocenters. The molecule has 1 atom stereocenters. The SMILES string of the molecule is Cc1cn(C(C)COCCC(=O)N2CCN(c3ncc(C(F)(F)F)cn3)CC2)c2cn[nH]c(=O)c12. The minimum Gasteiger partial charge on any atom is -0.379 e. The zero-order chi connectivity index (χ0) is 25.2. The first kappa shape index (κ1) is 24.6. The molecule has 0 aromatic carbocycles. The molecule has 0 bridgehead atoms. The van der Waals surface area contributed by atoms with Crippen LogP contribution in [0, 0.1) is 6.92 Å². The van der Waals surface area contributed by atoms with E-state index in [1.54, 1.807) is 16.0 Å². The van der Waals surface area contributed by atoms with Crippen LogP contribution >= 0.6 is 0 Å². The first-order chi connectivity index (χ1) is 16.6. The molecule has 1 amide bonds. The number of piperazine rings is 1. The van der Waals surface area contributed by atoms with E-state index in [0.717, 1.165) is 23.5 Å². The third-order valence-electron chi connectivity index (χ3n) is 6.02. The molecule has 1 N–H and O–H groups in total. The van der Waals surface area contributed by atoms with E-state index >= 15 is 0 Å². The largest absolute Gasteiger partial charge is 0.419 e. The van der Waals surface area contributed by atoms with Crippen LogP contribution in [0.1, 0.15) is 30.5 Å². The number of nitrogens with one attached hydrogen (secondary N) is 1. The number of hydrogen-bond donors (Lipinski definition) is 1. The van der Waals surface area contributed by atoms with E-state index in [9.17, 15) is 22.8 Å². The maximum absolute atomic E-state index is 12.7. The zero-order valence-corrected chi connectivity index (χ0v) is 19.4. The van der Waals surface area contributed by atoms with Gasteiger partial charge in [-0.05, 0) is 19.4 Å². The number of aryl methyl sites for hydroxylation is 1. The van der Waals surface area contributed by atoms with Gasteiger partial charge in [0.1, 0.15) is 0 Å². The van der Waals surface area contributed by atoms with Crippen LogP contribution in [-0.2, 0) is 15.7 Å². The van der Waals surface area contributed by atoms with E-state index in [1.807, 2.05) is 24.6 Å². The quantitative estimate of drug-likeness (QED) is 0.503. The van der Waals surface area contributed by atoms with Gasteiger partial charge in [0.05, 0.1) is 48.3 Å². The topological polar surface area (TPSA) is 109 Å². The standard InChI is InChI=1S/C22H26F3N7O3/c1-14-12-32(17-11-28-29-20(34)19(14)17)15(2)13-35-8-3-18(33)30-4-6-31(7-5-30)21-26-9-16(10-27-21)22(23,24)25/h9-12,15H,3-8,13H2,1-2H3,(H,29,34). The van der Waals surface area contributed by atoms with Gasteiger partial charge in [-0.1, -0.05) is 0 Å². The van der Waals surface area contributed by atoms with Gasteiger partial charge >= 0.3 is 6.18 Å². The Morgan fingerprint density at radius 2 is 1.86 bits per heavy atom. The molecule has 1 aliphatic rings. The van der Waals surface area contributed by atoms with Crippen molar-refractivity contribution in [1.29, 1.82) is 0 Å². The predicted molar refractivity (Wildman–Crippen MR) is 121 cm³/mol. The second-order valence-corrected chi connectivity index (χ2v) is 8.49. The molecule has 0 aliphatic carbocycles. The second kappa shape index (κ2) is 10.0. The molecule has 35 heavy (non-hydrogen) atoms. The molecular formula is C22H26F3N7O3. The van der Waals surface area contributed by atoms with E-state index in [2.05, 4.69) is 20.2 Å². The average molecular weight is 493 g/mol. The Hall–Kier alpha value is -3.48. The van der Waals surface area contributed by atoms with Crippen molar-refractivity contribution in [2.45, 2.75) is 32.5 Å². The van der Waals surface area contributed by atoms with E-state index in [0.29, 0.717) is 38.2 Å². The Balaban J connectivity index is 1.22. The lowest BCUT2D eigenvalue weighted by Gasteiger charge is -2.34. The minimum atomic E-state index is -4.48. The van der Waals surface area contributed by atoms with Crippen LogP contribution in [0.5, 0.6) is 0 Å². The van der Waals surface area contributed by atoms with Crippen LogP contribution in [-0.4, -0.2) is 74.9 Å². The summed E-state index contributed by atoms with van der Waals surface area (Å²) in [7, 11) is 0. The van der Waals surface area contributed by atoms with Crippen molar-refractivity contribution in [3.63, 3.8) is 0 Å². The number of carbonyl (C=O) groups is 1. The summed E-state index contributed by atoms with van der Waals surface area (Å²) in [6.45, 7) is 6.16. The second-order valence-electron chi connectivity index (χ2n) is 8.49. The highest BCUT2D eigenvalue weighted by molar-refractivity contribution is 5.82. The lowest BCUT2D eigenvalue weighted by atomic mass is 10.2. The van der Waals surface area contributed by atoms with Gasteiger partial charge in [-0.3, -0.25) is 9.59 Å². The van der Waals surface area contributed by atoms with Crippen LogP contribution in [0.2, 0.25) is 0 Å². The van der Waals surface area contributed by atoms with Gasteiger partial charge in [-0.25, -0.2) is 15.1 Å². The number of carbonyl (C=O) groups excluding carboxylic acids is 1. The zero-order valence-electron chi connectivity index (χ0n) is 19.4. The highest BCUT2D eigenvalue weighted by Crippen LogP contribution is 2.28. The van der Waals surface area contributed by atoms with Crippen molar-refractivity contribution in [3.05, 3.63) is 46.3 Å². The van der Waals surface area contributed by atoms with Crippen LogP contribution in [0.3, 0.4) is 0 Å². The molecule has 1 fully saturated rings. The van der Waals surface area contributed by atoms with Crippen LogP contribution < -0.4 is 10.5 Å². The molecule has 3 aromatic rings. The molecule has 0 spiro atoms. The Morgan fingerprint density at radius 1 is 1.17 bits per heavy atom. The van der Waals surface area contributed by atoms with Crippen molar-refractivity contribution in [2.24, 2.45) is 0 Å². The molecule has 13 heteroatoms. The van der Waals surface area contributed by atoms with Gasteiger partial charge in [0.15, 0.2) is 0 Å². The molecule has 0 radical (unpaired) electrons. The number of ether oxygens (including phenoxy) is 1. The lowest BCUT2D eigenvalue weighted by Crippen LogP contribution is -2.49. The fourth-order valence-corrected chi connectivity index (χ4v) is 4.11. The first-order valence-electron chi connectivity index (χ1n) is 11.2. The van der Waals surface area contributed by atoms with Gasteiger partial charge in [0.2, 0.25) is 11.9 Å². The minimum absolute atomic E-state index is 0.0522. The van der Waals surface area contributed by atoms with Crippen molar-refractivity contribution in [1.82, 2.24) is 29.6 Å². The number of amides is 1. The fourth-order valence-electron chi connectivity index (χ4n) is 4.11. The number of aromatic nitrogens is 5. The third-order valence-corrected chi connectivity index (χ3v) is 6.02. The van der Waals surface area contributed by atoms with Gasteiger partial charge in [0, 0.05) is 44.8 Å². The normalized spacial score (nSPS) is 15.6. The number of H-pyrrole nitrogens is 1. The van der Waals surface area contributed by atoms with E-state index in [4.69, 9.17) is 4.74 Å². The highest BCUT2D eigenvalue weighted by Gasteiger charge is 2.32. The Kier molecular flexibility index (Phi) is 7.05. The summed E-state index contributed by atoms with van der Waals surface area (Å²) < 4.78 is 45.7. The maximum Gasteiger partial charge on any atom is 0.419 e. The number of nitrogens with zero attached hydrogens (tertiary/aromatic N) is 6. The highest BCUT2D eigenvalue weighted by atomic mass is 19.4. The van der Waals surface area contributed by atoms with Crippen molar-refractivity contribution < 1.29 is 22.7 Å². The Morgan fingerprint density at radius 3 is 2.51 bits per heavy atom. The number of alkyl halides is 3. The summed E-state index contributed by atoms with van der Waals surface area (Å²) in [5.41, 5.74) is 0.456. The van der Waals surface area contributed by atoms with Crippen molar-refractivity contribution in [2.75, 3.05) is 44.3 Å². The molecule has 10 nitrogen and oxygen atoms in total. The molecule has 3 aromatic heterocycles. The molecule has 4 heterocycles. The average Bonchev–Trinajstić information content (AvgIpc) is 3.19. The summed E-state index contributed by atoms with van der Waals surface area (Å²) >= 11 is 0. The summed E-state index contributed by atoms with van der Waals surface area (Å²) in [5, 5.41) is 6.91. The molecule has 188 valence electrons. The summed E-state index contributed by atoms with van der Waals surface area (Å²) in [6, 6.07) is -0.0582. The third kappa shape index (κ3) is 5.45. The van der Waals surface area contributed by atoms with Gasteiger partial charge < -0.3 is 19.1 Å². The molecule has 4 rings (SSSR count). The van der Waals surface area contributed by atoms with E-state index in [1.165, 1.54) is 0 Å². The Bertz CT molecular complexity index is 1230. The van der Waals surface area contributed by atoms with Crippen molar-refractivity contribution >= 4 is 22.8 Å². The van der Waals surface area contributed by atoms with Gasteiger partial charge in [-0.2, -0.15) is 18.3 Å². The van der Waals surface area contributed by atoms with Crippen LogP contribution in [0.25, 0.3) is 10.9 Å². The van der Waals surface area contributed by atoms with Crippen LogP contribution in [0.15, 0.2) is 29.6 Å². The summed E-state index contributed by atoms with van der Waals surface area (Å²) in [4.78, 5) is 35.6.